The Kier molecular flexibility index (Phi) is 6.52. The van der Waals surface area contributed by atoms with Gasteiger partial charge in [0.15, 0.2) is 0 Å². The Bertz CT molecular complexity index is 579. The highest BCUT2D eigenvalue weighted by Crippen LogP contribution is 2.32. The maximum Gasteiger partial charge on any atom is 0.326 e. The number of benzene rings is 1. The third-order valence-electron chi connectivity index (χ3n) is 4.89. The molecule has 1 atom stereocenters. The van der Waals surface area contributed by atoms with E-state index in [-0.39, 0.29) is 12.5 Å². The van der Waals surface area contributed by atoms with Crippen LogP contribution in [0.5, 0.6) is 0 Å². The topological polar surface area (TPSA) is 64.3 Å². The van der Waals surface area contributed by atoms with Gasteiger partial charge in [-0.15, -0.1) is 0 Å². The van der Waals surface area contributed by atoms with Gasteiger partial charge >= 0.3 is 5.97 Å². The van der Waals surface area contributed by atoms with Crippen LogP contribution in [0.3, 0.4) is 0 Å². The van der Waals surface area contributed by atoms with Crippen molar-refractivity contribution in [2.45, 2.75) is 63.5 Å². The van der Waals surface area contributed by atoms with Crippen molar-refractivity contribution in [3.8, 4) is 0 Å². The Hall–Kier alpha value is -1.53. The summed E-state index contributed by atoms with van der Waals surface area (Å²) in [5.41, 5.74) is 4.88. The van der Waals surface area contributed by atoms with Gasteiger partial charge in [-0.2, -0.15) is 0 Å². The monoisotopic (exact) mass is 354 g/mol. The molecular weight excluding hydrogens is 326 g/mol. The van der Waals surface area contributed by atoms with Crippen molar-refractivity contribution in [3.05, 3.63) is 35.4 Å². The molecule has 1 aromatic rings. The number of rotatable bonds is 8. The van der Waals surface area contributed by atoms with Gasteiger partial charge < -0.3 is 10.5 Å². The van der Waals surface area contributed by atoms with E-state index in [2.05, 4.69) is 5.32 Å². The summed E-state index contributed by atoms with van der Waals surface area (Å²) in [6, 6.07) is 3.27. The van der Waals surface area contributed by atoms with E-state index in [1.165, 1.54) is 12.1 Å². The minimum Gasteiger partial charge on any atom is -0.464 e. The Morgan fingerprint density at radius 1 is 1.28 bits per heavy atom. The number of hydrogen-bond donors (Lipinski definition) is 2. The zero-order valence-corrected chi connectivity index (χ0v) is 15.0. The third kappa shape index (κ3) is 4.98. The van der Waals surface area contributed by atoms with Gasteiger partial charge in [-0.3, -0.25) is 10.1 Å². The number of carbonyl (C=O) groups is 1. The van der Waals surface area contributed by atoms with E-state index in [1.54, 1.807) is 6.92 Å². The Morgan fingerprint density at radius 3 is 2.44 bits per heavy atom. The number of nitrogens with two attached hydrogens (primary N) is 1. The number of ether oxygens (including phenoxy) is 1. The first-order chi connectivity index (χ1) is 11.8. The van der Waals surface area contributed by atoms with Crippen molar-refractivity contribution in [1.82, 2.24) is 5.32 Å². The Morgan fingerprint density at radius 2 is 1.88 bits per heavy atom. The van der Waals surface area contributed by atoms with Crippen LogP contribution in [0.15, 0.2) is 18.2 Å². The summed E-state index contributed by atoms with van der Waals surface area (Å²) in [7, 11) is 0. The second kappa shape index (κ2) is 8.23. The molecule has 0 saturated heterocycles. The fourth-order valence-corrected chi connectivity index (χ4v) is 3.22. The second-order valence-electron chi connectivity index (χ2n) is 7.21. The highest BCUT2D eigenvalue weighted by Gasteiger charge is 2.43. The normalized spacial score (nSPS) is 18.8. The Balaban J connectivity index is 2.08. The first kappa shape index (κ1) is 19.8. The fraction of sp³-hybridized carbons (Fsp3) is 0.632. The molecule has 0 aliphatic heterocycles. The number of nitrogens with one attached hydrogen (secondary N) is 1. The summed E-state index contributed by atoms with van der Waals surface area (Å²) < 4.78 is 32.4. The quantitative estimate of drug-likeness (QED) is 0.555. The van der Waals surface area contributed by atoms with E-state index in [0.717, 1.165) is 31.7 Å². The predicted molar refractivity (Wildman–Crippen MR) is 93.0 cm³/mol. The van der Waals surface area contributed by atoms with Gasteiger partial charge in [0.05, 0.1) is 12.1 Å². The van der Waals surface area contributed by atoms with Gasteiger partial charge in [-0.25, -0.2) is 8.78 Å². The SMILES string of the molecule is CCCCOC(=O)C1(NCC(C)(N)c2cc(F)cc(F)c2)CCCC1. The summed E-state index contributed by atoms with van der Waals surface area (Å²) in [6.07, 6.45) is 5.04. The van der Waals surface area contributed by atoms with Crippen molar-refractivity contribution in [3.63, 3.8) is 0 Å². The molecule has 1 saturated carbocycles. The molecule has 25 heavy (non-hydrogen) atoms. The maximum absolute atomic E-state index is 13.5. The Labute approximate surface area is 148 Å². The third-order valence-corrected chi connectivity index (χ3v) is 4.89. The van der Waals surface area contributed by atoms with E-state index in [1.807, 2.05) is 6.92 Å². The summed E-state index contributed by atoms with van der Waals surface area (Å²) >= 11 is 0. The van der Waals surface area contributed by atoms with Crippen LogP contribution in [-0.4, -0.2) is 24.7 Å². The molecule has 140 valence electrons. The average Bonchev–Trinajstić information content (AvgIpc) is 3.02. The molecule has 0 bridgehead atoms. The maximum atomic E-state index is 13.5. The highest BCUT2D eigenvalue weighted by molar-refractivity contribution is 5.81. The number of esters is 1. The molecule has 1 aromatic carbocycles. The van der Waals surface area contributed by atoms with Crippen LogP contribution in [0.1, 0.15) is 57.9 Å². The van der Waals surface area contributed by atoms with Crippen LogP contribution in [0, 0.1) is 11.6 Å². The second-order valence-corrected chi connectivity index (χ2v) is 7.21. The molecule has 4 nitrogen and oxygen atoms in total. The van der Waals surface area contributed by atoms with Crippen LogP contribution in [0.25, 0.3) is 0 Å². The minimum absolute atomic E-state index is 0.221. The van der Waals surface area contributed by atoms with Gasteiger partial charge in [0.25, 0.3) is 0 Å². The van der Waals surface area contributed by atoms with E-state index in [4.69, 9.17) is 10.5 Å². The van der Waals surface area contributed by atoms with Crippen LogP contribution in [0.4, 0.5) is 8.78 Å². The van der Waals surface area contributed by atoms with Gasteiger partial charge in [-0.1, -0.05) is 26.2 Å². The number of unbranched alkanes of at least 4 members (excludes halogenated alkanes) is 1. The molecule has 3 N–H and O–H groups in total. The van der Waals surface area contributed by atoms with Crippen LogP contribution < -0.4 is 11.1 Å². The highest BCUT2D eigenvalue weighted by atomic mass is 19.1. The molecule has 6 heteroatoms. The standard InChI is InChI=1S/C19H28F2N2O2/c1-3-4-9-25-17(24)19(7-5-6-8-19)23-13-18(2,22)14-10-15(20)12-16(21)11-14/h10-12,23H,3-9,13,22H2,1-2H3. The lowest BCUT2D eigenvalue weighted by atomic mass is 9.90. The van der Waals surface area contributed by atoms with Crippen LogP contribution >= 0.6 is 0 Å². The van der Waals surface area contributed by atoms with Gasteiger partial charge in [0.2, 0.25) is 0 Å². The molecule has 0 spiro atoms. The summed E-state index contributed by atoms with van der Waals surface area (Å²) in [5.74, 6) is -1.58. The van der Waals surface area contributed by atoms with Gasteiger partial charge in [0, 0.05) is 12.6 Å². The van der Waals surface area contributed by atoms with Gasteiger partial charge in [0.1, 0.15) is 17.2 Å². The molecule has 1 aliphatic carbocycles. The lowest BCUT2D eigenvalue weighted by Gasteiger charge is -2.33. The van der Waals surface area contributed by atoms with Crippen molar-refractivity contribution in [2.75, 3.05) is 13.2 Å². The van der Waals surface area contributed by atoms with Crippen molar-refractivity contribution < 1.29 is 18.3 Å². The molecule has 2 rings (SSSR count). The summed E-state index contributed by atoms with van der Waals surface area (Å²) in [5, 5.41) is 3.26. The number of halogens is 2. The van der Waals surface area contributed by atoms with E-state index < -0.39 is 22.7 Å². The van der Waals surface area contributed by atoms with Crippen molar-refractivity contribution in [1.29, 1.82) is 0 Å². The smallest absolute Gasteiger partial charge is 0.326 e. The molecule has 0 aromatic heterocycles. The number of hydrogen-bond acceptors (Lipinski definition) is 4. The summed E-state index contributed by atoms with van der Waals surface area (Å²) in [6.45, 7) is 4.36. The minimum atomic E-state index is -1.01. The molecule has 0 heterocycles. The van der Waals surface area contributed by atoms with E-state index >= 15 is 0 Å². The molecule has 1 aliphatic rings. The van der Waals surface area contributed by atoms with E-state index in [9.17, 15) is 13.6 Å². The molecule has 0 radical (unpaired) electrons. The molecule has 1 fully saturated rings. The van der Waals surface area contributed by atoms with Crippen LogP contribution in [-0.2, 0) is 15.1 Å². The predicted octanol–water partition coefficient (Wildman–Crippen LogP) is 3.38. The van der Waals surface area contributed by atoms with Crippen molar-refractivity contribution in [2.24, 2.45) is 5.73 Å². The first-order valence-electron chi connectivity index (χ1n) is 8.97. The lowest BCUT2D eigenvalue weighted by Crippen LogP contribution is -2.56. The lowest BCUT2D eigenvalue weighted by molar-refractivity contribution is -0.151. The average molecular weight is 354 g/mol. The van der Waals surface area contributed by atoms with Gasteiger partial charge in [-0.05, 0) is 43.9 Å². The molecular formula is C19H28F2N2O2. The van der Waals surface area contributed by atoms with Crippen LogP contribution in [0.2, 0.25) is 0 Å². The zero-order valence-electron chi connectivity index (χ0n) is 15.0. The largest absolute Gasteiger partial charge is 0.464 e. The summed E-state index contributed by atoms with van der Waals surface area (Å²) in [4.78, 5) is 12.6. The number of carbonyl (C=O) groups excluding carboxylic acids is 1. The first-order valence-corrected chi connectivity index (χ1v) is 8.97. The van der Waals surface area contributed by atoms with E-state index in [0.29, 0.717) is 25.0 Å². The zero-order chi connectivity index (χ0) is 18.5. The molecule has 0 amide bonds. The molecule has 1 unspecified atom stereocenters. The van der Waals surface area contributed by atoms with Crippen molar-refractivity contribution >= 4 is 5.97 Å². The fourth-order valence-electron chi connectivity index (χ4n) is 3.22.